The van der Waals surface area contributed by atoms with E-state index in [0.29, 0.717) is 5.41 Å². The zero-order chi connectivity index (χ0) is 8.32. The first kappa shape index (κ1) is 8.40. The maximum absolute atomic E-state index is 3.21. The summed E-state index contributed by atoms with van der Waals surface area (Å²) in [7, 11) is 0. The van der Waals surface area contributed by atoms with Crippen molar-refractivity contribution in [3.63, 3.8) is 0 Å². The molecular weight excluding hydrogens is 132 g/mol. The Kier molecular flexibility index (Phi) is 2.39. The van der Waals surface area contributed by atoms with E-state index in [0.717, 1.165) is 12.8 Å². The minimum Gasteiger partial charge on any atom is -0.101 e. The summed E-state index contributed by atoms with van der Waals surface area (Å²) in [5, 5.41) is 0. The third-order valence-corrected chi connectivity index (χ3v) is 2.33. The second-order valence-electron chi connectivity index (χ2n) is 3.65. The second-order valence-corrected chi connectivity index (χ2v) is 3.65. The van der Waals surface area contributed by atoms with Gasteiger partial charge in [0.2, 0.25) is 0 Å². The fourth-order valence-corrected chi connectivity index (χ4v) is 1.06. The summed E-state index contributed by atoms with van der Waals surface area (Å²) >= 11 is 0. The molecule has 0 saturated heterocycles. The van der Waals surface area contributed by atoms with Crippen LogP contribution in [0.2, 0.25) is 0 Å². The molecule has 0 fully saturated rings. The van der Waals surface area contributed by atoms with Gasteiger partial charge < -0.3 is 0 Å². The van der Waals surface area contributed by atoms with Crippen molar-refractivity contribution in [3.8, 4) is 11.8 Å². The third-order valence-electron chi connectivity index (χ3n) is 2.33. The van der Waals surface area contributed by atoms with Crippen LogP contribution in [-0.4, -0.2) is 0 Å². The molecule has 1 unspecified atom stereocenters. The summed E-state index contributed by atoms with van der Waals surface area (Å²) in [6.07, 6.45) is 5.72. The average Bonchev–Trinajstić information content (AvgIpc) is 1.96. The molecule has 0 amide bonds. The molecule has 1 rings (SSSR count). The fourth-order valence-electron chi connectivity index (χ4n) is 1.06. The van der Waals surface area contributed by atoms with Crippen LogP contribution in [0.3, 0.4) is 0 Å². The average molecular weight is 148 g/mol. The molecule has 0 aromatic carbocycles. The highest BCUT2D eigenvalue weighted by atomic mass is 14.3. The van der Waals surface area contributed by atoms with E-state index in [1.165, 1.54) is 12.0 Å². The van der Waals surface area contributed by atoms with Crippen molar-refractivity contribution in [2.75, 3.05) is 0 Å². The van der Waals surface area contributed by atoms with E-state index in [4.69, 9.17) is 0 Å². The molecule has 11 heavy (non-hydrogen) atoms. The molecule has 0 aromatic rings. The lowest BCUT2D eigenvalue weighted by atomic mass is 9.78. The van der Waals surface area contributed by atoms with Crippen LogP contribution < -0.4 is 0 Å². The SMILES string of the molecule is CCC(C)=CCC1(C)C#CC1. The molecular formula is C11H16. The predicted octanol–water partition coefficient (Wildman–Crippen LogP) is 3.15. The summed E-state index contributed by atoms with van der Waals surface area (Å²) in [4.78, 5) is 0. The van der Waals surface area contributed by atoms with Crippen LogP contribution >= 0.6 is 0 Å². The Hall–Kier alpha value is -0.700. The van der Waals surface area contributed by atoms with Gasteiger partial charge in [-0.25, -0.2) is 0 Å². The molecule has 0 saturated carbocycles. The Morgan fingerprint density at radius 2 is 2.27 bits per heavy atom. The zero-order valence-corrected chi connectivity index (χ0v) is 7.70. The van der Waals surface area contributed by atoms with Crippen LogP contribution in [0.5, 0.6) is 0 Å². The van der Waals surface area contributed by atoms with E-state index in [1.54, 1.807) is 0 Å². The molecule has 1 aliphatic rings. The summed E-state index contributed by atoms with van der Waals surface area (Å²) in [5.74, 6) is 6.27. The summed E-state index contributed by atoms with van der Waals surface area (Å²) in [6.45, 7) is 6.62. The Labute approximate surface area is 69.7 Å². The molecule has 0 spiro atoms. The Morgan fingerprint density at radius 3 is 2.64 bits per heavy atom. The van der Waals surface area contributed by atoms with E-state index < -0.39 is 0 Å². The van der Waals surface area contributed by atoms with Gasteiger partial charge in [-0.3, -0.25) is 0 Å². The lowest BCUT2D eigenvalue weighted by Crippen LogP contribution is -2.18. The van der Waals surface area contributed by atoms with Gasteiger partial charge in [-0.05, 0) is 26.7 Å². The van der Waals surface area contributed by atoms with Gasteiger partial charge in [0.25, 0.3) is 0 Å². The van der Waals surface area contributed by atoms with Crippen LogP contribution in [0, 0.1) is 17.3 Å². The van der Waals surface area contributed by atoms with Gasteiger partial charge in [-0.1, -0.05) is 24.5 Å². The highest BCUT2D eigenvalue weighted by molar-refractivity contribution is 5.25. The zero-order valence-electron chi connectivity index (χ0n) is 7.70. The van der Waals surface area contributed by atoms with Crippen molar-refractivity contribution in [3.05, 3.63) is 11.6 Å². The smallest absolute Gasteiger partial charge is 0.0429 e. The van der Waals surface area contributed by atoms with E-state index >= 15 is 0 Å². The lowest BCUT2D eigenvalue weighted by Gasteiger charge is -2.25. The summed E-state index contributed by atoms with van der Waals surface area (Å²) in [6, 6.07) is 0. The van der Waals surface area contributed by atoms with Crippen molar-refractivity contribution < 1.29 is 0 Å². The molecule has 0 heteroatoms. The molecule has 0 aliphatic heterocycles. The molecule has 0 nitrogen and oxygen atoms in total. The maximum Gasteiger partial charge on any atom is 0.0429 e. The van der Waals surface area contributed by atoms with Crippen LogP contribution in [0.4, 0.5) is 0 Å². The molecule has 1 atom stereocenters. The first-order chi connectivity index (χ1) is 5.16. The maximum atomic E-state index is 3.21. The molecule has 60 valence electrons. The van der Waals surface area contributed by atoms with Gasteiger partial charge in [-0.15, -0.1) is 5.92 Å². The van der Waals surface area contributed by atoms with Crippen molar-refractivity contribution in [1.82, 2.24) is 0 Å². The van der Waals surface area contributed by atoms with Crippen molar-refractivity contribution in [1.29, 1.82) is 0 Å². The molecule has 0 heterocycles. The quantitative estimate of drug-likeness (QED) is 0.426. The normalized spacial score (nSPS) is 28.8. The van der Waals surface area contributed by atoms with Crippen molar-refractivity contribution in [2.45, 2.75) is 40.0 Å². The Bertz CT molecular complexity index is 224. The Balaban J connectivity index is 2.40. The van der Waals surface area contributed by atoms with Gasteiger partial charge in [0.15, 0.2) is 0 Å². The topological polar surface area (TPSA) is 0 Å². The Morgan fingerprint density at radius 1 is 1.64 bits per heavy atom. The highest BCUT2D eigenvalue weighted by Gasteiger charge is 2.23. The summed E-state index contributed by atoms with van der Waals surface area (Å²) < 4.78 is 0. The summed E-state index contributed by atoms with van der Waals surface area (Å²) in [5.41, 5.74) is 1.80. The van der Waals surface area contributed by atoms with Gasteiger partial charge >= 0.3 is 0 Å². The minimum absolute atomic E-state index is 0.316. The largest absolute Gasteiger partial charge is 0.101 e. The highest BCUT2D eigenvalue weighted by Crippen LogP contribution is 2.31. The van der Waals surface area contributed by atoms with Gasteiger partial charge in [0.05, 0.1) is 0 Å². The molecule has 0 aromatic heterocycles. The first-order valence-electron chi connectivity index (χ1n) is 4.32. The second kappa shape index (κ2) is 3.13. The van der Waals surface area contributed by atoms with Crippen molar-refractivity contribution in [2.24, 2.45) is 5.41 Å². The molecule has 0 radical (unpaired) electrons. The first-order valence-corrected chi connectivity index (χ1v) is 4.32. The minimum atomic E-state index is 0.316. The van der Waals surface area contributed by atoms with E-state index in [2.05, 4.69) is 38.7 Å². The number of rotatable bonds is 3. The van der Waals surface area contributed by atoms with Gasteiger partial charge in [0.1, 0.15) is 0 Å². The molecule has 1 aliphatic carbocycles. The molecule has 0 N–H and O–H groups in total. The van der Waals surface area contributed by atoms with E-state index in [-0.39, 0.29) is 0 Å². The van der Waals surface area contributed by atoms with Gasteiger partial charge in [-0.2, -0.15) is 0 Å². The lowest BCUT2D eigenvalue weighted by molar-refractivity contribution is 0.441. The predicted molar refractivity (Wildman–Crippen MR) is 49.2 cm³/mol. The number of hydrogen-bond acceptors (Lipinski definition) is 0. The van der Waals surface area contributed by atoms with Crippen LogP contribution in [-0.2, 0) is 0 Å². The third kappa shape index (κ3) is 2.12. The van der Waals surface area contributed by atoms with Crippen molar-refractivity contribution >= 4 is 0 Å². The van der Waals surface area contributed by atoms with Crippen LogP contribution in [0.15, 0.2) is 11.6 Å². The number of allylic oxidation sites excluding steroid dienone is 2. The van der Waals surface area contributed by atoms with E-state index in [9.17, 15) is 0 Å². The van der Waals surface area contributed by atoms with Crippen LogP contribution in [0.25, 0.3) is 0 Å². The van der Waals surface area contributed by atoms with Gasteiger partial charge in [0, 0.05) is 11.8 Å². The monoisotopic (exact) mass is 148 g/mol. The standard InChI is InChI=1S/C11H16/c1-4-10(2)6-9-11(3)7-5-8-11/h6H,4,7,9H2,1-3H3. The fraction of sp³-hybridized carbons (Fsp3) is 0.636. The van der Waals surface area contributed by atoms with Crippen LogP contribution in [0.1, 0.15) is 40.0 Å². The van der Waals surface area contributed by atoms with E-state index in [1.807, 2.05) is 0 Å². The number of hydrogen-bond donors (Lipinski definition) is 0. The molecule has 0 bridgehead atoms.